The molecule has 0 N–H and O–H groups in total. The predicted molar refractivity (Wildman–Crippen MR) is 155 cm³/mol. The van der Waals surface area contributed by atoms with Gasteiger partial charge in [0.25, 0.3) is 5.92 Å². The van der Waals surface area contributed by atoms with E-state index >= 15 is 4.39 Å². The van der Waals surface area contributed by atoms with Crippen molar-refractivity contribution in [3.05, 3.63) is 76.4 Å². The number of aryl methyl sites for hydroxylation is 1. The maximum atomic E-state index is 15.0. The number of hydrogen-bond donors (Lipinski definition) is 0. The van der Waals surface area contributed by atoms with Gasteiger partial charge in [0, 0.05) is 6.42 Å². The van der Waals surface area contributed by atoms with Crippen LogP contribution in [0.1, 0.15) is 107 Å². The van der Waals surface area contributed by atoms with Crippen molar-refractivity contribution >= 4 is 0 Å². The molecule has 0 amide bonds. The summed E-state index contributed by atoms with van der Waals surface area (Å²) in [6.07, 6.45) is 17.3. The molecule has 0 heterocycles. The Balaban J connectivity index is 1.25. The molecule has 0 radical (unpaired) electrons. The van der Waals surface area contributed by atoms with E-state index in [1.165, 1.54) is 76.5 Å². The van der Waals surface area contributed by atoms with E-state index in [4.69, 9.17) is 4.74 Å². The van der Waals surface area contributed by atoms with Crippen molar-refractivity contribution in [3.63, 3.8) is 0 Å². The SMILES string of the molecule is CCCCCC1CCC(/C=C/C2CCC(c3ccc(OCC(F)(F)Cc4ccc(C)c(F)c4F)c(F)c3F)CC2)CC1. The van der Waals surface area contributed by atoms with Gasteiger partial charge in [0.2, 0.25) is 5.82 Å². The van der Waals surface area contributed by atoms with Crippen molar-refractivity contribution in [1.29, 1.82) is 0 Å². The molecule has 0 aromatic heterocycles. The molecule has 2 aromatic carbocycles. The molecule has 4 rings (SSSR count). The zero-order valence-electron chi connectivity index (χ0n) is 24.8. The van der Waals surface area contributed by atoms with E-state index in [1.807, 2.05) is 0 Å². The van der Waals surface area contributed by atoms with Crippen LogP contribution in [0.15, 0.2) is 36.4 Å². The Morgan fingerprint density at radius 2 is 1.40 bits per heavy atom. The minimum Gasteiger partial charge on any atom is -0.484 e. The molecule has 0 saturated heterocycles. The Morgan fingerprint density at radius 1 is 0.762 bits per heavy atom. The second-order valence-corrected chi connectivity index (χ2v) is 12.5. The number of allylic oxidation sites excluding steroid dienone is 2. The molecule has 7 heteroatoms. The quantitative estimate of drug-likeness (QED) is 0.135. The largest absolute Gasteiger partial charge is 0.484 e. The number of ether oxygens (including phenoxy) is 1. The van der Waals surface area contributed by atoms with Gasteiger partial charge >= 0.3 is 0 Å². The number of alkyl halides is 2. The van der Waals surface area contributed by atoms with Crippen LogP contribution in [0, 0.1) is 47.9 Å². The molecule has 0 atom stereocenters. The fourth-order valence-electron chi connectivity index (χ4n) is 6.60. The molecule has 0 aliphatic heterocycles. The molecule has 2 aromatic rings. The van der Waals surface area contributed by atoms with Gasteiger partial charge in [-0.25, -0.2) is 22.0 Å². The van der Waals surface area contributed by atoms with Crippen molar-refractivity contribution < 1.29 is 31.1 Å². The third-order valence-electron chi connectivity index (χ3n) is 9.29. The van der Waals surface area contributed by atoms with Gasteiger partial charge in [-0.3, -0.25) is 0 Å². The second kappa shape index (κ2) is 14.8. The highest BCUT2D eigenvalue weighted by Gasteiger charge is 2.34. The Bertz CT molecular complexity index is 1190. The van der Waals surface area contributed by atoms with Gasteiger partial charge in [0.05, 0.1) is 0 Å². The summed E-state index contributed by atoms with van der Waals surface area (Å²) in [5.41, 5.74) is -0.263. The molecule has 2 fully saturated rings. The van der Waals surface area contributed by atoms with Gasteiger partial charge < -0.3 is 4.74 Å². The highest BCUT2D eigenvalue weighted by Crippen LogP contribution is 2.40. The first kappa shape index (κ1) is 32.5. The van der Waals surface area contributed by atoms with Gasteiger partial charge in [0.15, 0.2) is 29.8 Å². The maximum absolute atomic E-state index is 15.0. The third-order valence-corrected chi connectivity index (χ3v) is 9.29. The Kier molecular flexibility index (Phi) is 11.5. The number of rotatable bonds is 12. The molecule has 1 nitrogen and oxygen atoms in total. The molecule has 0 bridgehead atoms. The van der Waals surface area contributed by atoms with Crippen molar-refractivity contribution in [3.8, 4) is 5.75 Å². The fraction of sp³-hybridized carbons (Fsp3) is 0.600. The van der Waals surface area contributed by atoms with E-state index in [9.17, 15) is 22.0 Å². The summed E-state index contributed by atoms with van der Waals surface area (Å²) >= 11 is 0. The van der Waals surface area contributed by atoms with Crippen LogP contribution in [-0.4, -0.2) is 12.5 Å². The highest BCUT2D eigenvalue weighted by atomic mass is 19.3. The molecule has 0 unspecified atom stereocenters. The first-order valence-corrected chi connectivity index (χ1v) is 15.7. The lowest BCUT2D eigenvalue weighted by atomic mass is 9.76. The van der Waals surface area contributed by atoms with Crippen LogP contribution < -0.4 is 4.74 Å². The van der Waals surface area contributed by atoms with Crippen LogP contribution in [0.5, 0.6) is 5.75 Å². The molecule has 2 aliphatic carbocycles. The number of benzene rings is 2. The summed E-state index contributed by atoms with van der Waals surface area (Å²) in [5.74, 6) is -7.32. The van der Waals surface area contributed by atoms with Crippen molar-refractivity contribution in [2.75, 3.05) is 6.61 Å². The lowest BCUT2D eigenvalue weighted by molar-refractivity contribution is -0.0417. The standard InChI is InChI=1S/C35H44F6O/c1-3-4-5-6-24-8-10-25(11-9-24)12-13-26-14-17-27(18-15-26)29-19-20-30(34(39)33(29)38)42-22-35(40,41)21-28-16-7-23(2)31(36)32(28)37/h7,12-13,16,19-20,24-27H,3-6,8-11,14-15,17-18,21-22H2,1-2H3/b13-12+. The highest BCUT2D eigenvalue weighted by molar-refractivity contribution is 5.34. The Hall–Kier alpha value is -2.44. The fourth-order valence-corrected chi connectivity index (χ4v) is 6.60. The van der Waals surface area contributed by atoms with Gasteiger partial charge in [0.1, 0.15) is 0 Å². The Labute approximate surface area is 246 Å². The summed E-state index contributed by atoms with van der Waals surface area (Å²) in [7, 11) is 0. The average molecular weight is 595 g/mol. The molecule has 42 heavy (non-hydrogen) atoms. The molecular formula is C35H44F6O. The van der Waals surface area contributed by atoms with Gasteiger partial charge in [-0.05, 0) is 105 Å². The van der Waals surface area contributed by atoms with E-state index in [2.05, 4.69) is 19.1 Å². The van der Waals surface area contributed by atoms with Gasteiger partial charge in [-0.2, -0.15) is 4.39 Å². The van der Waals surface area contributed by atoms with Crippen molar-refractivity contribution in [2.24, 2.45) is 17.8 Å². The molecule has 2 aliphatic rings. The van der Waals surface area contributed by atoms with E-state index < -0.39 is 53.5 Å². The van der Waals surface area contributed by atoms with Crippen LogP contribution in [-0.2, 0) is 6.42 Å². The minimum absolute atomic E-state index is 0.00364. The van der Waals surface area contributed by atoms with E-state index in [-0.39, 0.29) is 17.0 Å². The molecular weight excluding hydrogens is 550 g/mol. The average Bonchev–Trinajstić information content (AvgIpc) is 2.98. The first-order chi connectivity index (χ1) is 20.1. The van der Waals surface area contributed by atoms with Crippen LogP contribution in [0.25, 0.3) is 0 Å². The summed E-state index contributed by atoms with van der Waals surface area (Å²) in [6.45, 7) is 2.28. The normalized spacial score (nSPS) is 23.4. The van der Waals surface area contributed by atoms with Crippen LogP contribution >= 0.6 is 0 Å². The van der Waals surface area contributed by atoms with E-state index in [0.29, 0.717) is 11.8 Å². The smallest absolute Gasteiger partial charge is 0.285 e. The lowest BCUT2D eigenvalue weighted by Gasteiger charge is -2.29. The summed E-state index contributed by atoms with van der Waals surface area (Å²) in [4.78, 5) is 0. The van der Waals surface area contributed by atoms with Crippen LogP contribution in [0.4, 0.5) is 26.3 Å². The first-order valence-electron chi connectivity index (χ1n) is 15.7. The summed E-state index contributed by atoms with van der Waals surface area (Å²) in [6, 6.07) is 4.89. The zero-order valence-corrected chi connectivity index (χ0v) is 24.8. The zero-order chi connectivity index (χ0) is 30.3. The minimum atomic E-state index is -3.62. The predicted octanol–water partition coefficient (Wildman–Crippen LogP) is 11.0. The lowest BCUT2D eigenvalue weighted by Crippen LogP contribution is -2.29. The summed E-state index contributed by atoms with van der Waals surface area (Å²) < 4.78 is 91.5. The number of hydrogen-bond acceptors (Lipinski definition) is 1. The van der Waals surface area contributed by atoms with E-state index in [0.717, 1.165) is 37.7 Å². The number of halogens is 6. The van der Waals surface area contributed by atoms with Crippen LogP contribution in [0.3, 0.4) is 0 Å². The van der Waals surface area contributed by atoms with Crippen molar-refractivity contribution in [1.82, 2.24) is 0 Å². The van der Waals surface area contributed by atoms with Gasteiger partial charge in [-0.15, -0.1) is 0 Å². The van der Waals surface area contributed by atoms with E-state index in [1.54, 1.807) is 0 Å². The Morgan fingerprint density at radius 3 is 2.05 bits per heavy atom. The van der Waals surface area contributed by atoms with Crippen LogP contribution in [0.2, 0.25) is 0 Å². The monoisotopic (exact) mass is 594 g/mol. The van der Waals surface area contributed by atoms with Crippen molar-refractivity contribution in [2.45, 2.75) is 109 Å². The molecule has 0 spiro atoms. The second-order valence-electron chi connectivity index (χ2n) is 12.5. The molecule has 2 saturated carbocycles. The maximum Gasteiger partial charge on any atom is 0.285 e. The molecule has 232 valence electrons. The third kappa shape index (κ3) is 8.57. The van der Waals surface area contributed by atoms with Gasteiger partial charge in [-0.1, -0.05) is 63.0 Å². The number of unbranched alkanes of at least 4 members (excludes halogenated alkanes) is 2. The summed E-state index contributed by atoms with van der Waals surface area (Å²) in [5, 5.41) is 0. The topological polar surface area (TPSA) is 9.23 Å².